The Kier molecular flexibility index (Phi) is 6.41. The summed E-state index contributed by atoms with van der Waals surface area (Å²) in [6.07, 6.45) is 6.24. The highest BCUT2D eigenvalue weighted by Gasteiger charge is 2.48. The number of halogens is 3. The summed E-state index contributed by atoms with van der Waals surface area (Å²) in [4.78, 5) is 0. The molecule has 4 heterocycles. The number of anilines is 1. The van der Waals surface area contributed by atoms with Crippen LogP contribution in [0.3, 0.4) is 0 Å². The van der Waals surface area contributed by atoms with E-state index in [1.165, 1.54) is 31.2 Å². The molecule has 0 saturated carbocycles. The van der Waals surface area contributed by atoms with E-state index in [1.807, 2.05) is 6.07 Å². The Morgan fingerprint density at radius 1 is 1.12 bits per heavy atom. The average Bonchev–Trinajstić information content (AvgIpc) is 3.27. The molecule has 0 aliphatic carbocycles. The van der Waals surface area contributed by atoms with Crippen LogP contribution in [0, 0.1) is 11.7 Å². The second kappa shape index (κ2) is 8.85. The van der Waals surface area contributed by atoms with Gasteiger partial charge >= 0.3 is 0 Å². The van der Waals surface area contributed by atoms with Gasteiger partial charge in [-0.2, -0.15) is 5.10 Å². The average molecular weight is 538 g/mol. The number of fused-ring (bicyclic) bond motifs is 2. The lowest BCUT2D eigenvalue weighted by atomic mass is 9.80. The van der Waals surface area contributed by atoms with E-state index in [1.54, 1.807) is 6.07 Å². The van der Waals surface area contributed by atoms with Gasteiger partial charge < -0.3 is 15.7 Å². The molecule has 0 amide bonds. The van der Waals surface area contributed by atoms with Crippen LogP contribution in [0.1, 0.15) is 39.5 Å². The van der Waals surface area contributed by atoms with Gasteiger partial charge in [-0.1, -0.05) is 0 Å². The van der Waals surface area contributed by atoms with Crippen molar-refractivity contribution in [3.8, 4) is 28.1 Å². The highest BCUT2D eigenvalue weighted by molar-refractivity contribution is 9.10. The largest absolute Gasteiger partial charge is 0.507 e. The maximum Gasteiger partial charge on any atom is 0.148 e. The molecule has 2 fully saturated rings. The zero-order valence-corrected chi connectivity index (χ0v) is 20.9. The molecule has 5 rings (SSSR count). The maximum atomic E-state index is 14.8. The summed E-state index contributed by atoms with van der Waals surface area (Å²) < 4.78 is 15.3. The molecule has 2 bridgehead atoms. The lowest BCUT2D eigenvalue weighted by Crippen LogP contribution is -2.54. The van der Waals surface area contributed by atoms with Crippen LogP contribution in [0.5, 0.6) is 5.75 Å². The lowest BCUT2D eigenvalue weighted by Gasteiger charge is -2.42. The Morgan fingerprint density at radius 2 is 1.85 bits per heavy atom. The van der Waals surface area contributed by atoms with Crippen molar-refractivity contribution in [3.05, 3.63) is 40.9 Å². The van der Waals surface area contributed by atoms with Crippen molar-refractivity contribution < 1.29 is 9.50 Å². The van der Waals surface area contributed by atoms with Gasteiger partial charge in [-0.25, -0.2) is 4.39 Å². The second-order valence-corrected chi connectivity index (χ2v) is 10.4. The third-order valence-corrected chi connectivity index (χ3v) is 7.40. The number of nitrogens with one attached hydrogen (secondary N) is 3. The van der Waals surface area contributed by atoms with Crippen LogP contribution in [0.25, 0.3) is 22.4 Å². The van der Waals surface area contributed by atoms with Crippen LogP contribution >= 0.6 is 28.3 Å². The molecule has 0 spiro atoms. The monoisotopic (exact) mass is 536 g/mol. The lowest BCUT2D eigenvalue weighted by molar-refractivity contribution is 0.178. The van der Waals surface area contributed by atoms with E-state index in [0.29, 0.717) is 33.2 Å². The quantitative estimate of drug-likeness (QED) is 0.353. The summed E-state index contributed by atoms with van der Waals surface area (Å²) in [5, 5.41) is 32.8. The van der Waals surface area contributed by atoms with Gasteiger partial charge in [0.1, 0.15) is 22.0 Å². The fourth-order valence-corrected chi connectivity index (χ4v) is 5.87. The fraction of sp³-hybridized carbons (Fsp3) is 0.435. The minimum Gasteiger partial charge on any atom is -0.507 e. The first-order chi connectivity index (χ1) is 15.2. The number of aromatic hydroxyl groups is 1. The number of hydrogen-bond donors (Lipinski definition) is 4. The van der Waals surface area contributed by atoms with E-state index >= 15 is 0 Å². The van der Waals surface area contributed by atoms with Gasteiger partial charge in [-0.05, 0) is 85.6 Å². The third kappa shape index (κ3) is 4.72. The van der Waals surface area contributed by atoms with Crippen molar-refractivity contribution in [3.63, 3.8) is 0 Å². The number of rotatable bonds is 5. The van der Waals surface area contributed by atoms with Crippen molar-refractivity contribution in [1.29, 1.82) is 0 Å². The minimum atomic E-state index is -0.480. The van der Waals surface area contributed by atoms with Crippen LogP contribution in [-0.2, 0) is 0 Å². The summed E-state index contributed by atoms with van der Waals surface area (Å²) in [7, 11) is 0. The first-order valence-corrected chi connectivity index (χ1v) is 11.6. The first-order valence-electron chi connectivity index (χ1n) is 10.8. The molecular formula is C23H27BrClFN6O. The summed E-state index contributed by atoms with van der Waals surface area (Å²) in [5.74, 6) is 0.694. The van der Waals surface area contributed by atoms with Gasteiger partial charge in [-0.15, -0.1) is 22.6 Å². The van der Waals surface area contributed by atoms with Crippen molar-refractivity contribution >= 4 is 34.2 Å². The van der Waals surface area contributed by atoms with E-state index in [9.17, 15) is 9.50 Å². The zero-order valence-electron chi connectivity index (χ0n) is 18.5. The van der Waals surface area contributed by atoms with Gasteiger partial charge in [0.15, 0.2) is 0 Å². The SMILES string of the molecule is CC12CCC(C)(CC(CNc3ccc(-c4cc(F)c(-c5cn[nH]c5Br)cc4O)nn3)C1)N2.Cl. The van der Waals surface area contributed by atoms with Crippen molar-refractivity contribution in [2.75, 3.05) is 11.9 Å². The molecule has 2 aromatic heterocycles. The smallest absolute Gasteiger partial charge is 0.148 e. The summed E-state index contributed by atoms with van der Waals surface area (Å²) in [5.41, 5.74) is 1.94. The molecule has 2 saturated heterocycles. The predicted molar refractivity (Wildman–Crippen MR) is 132 cm³/mol. The number of piperidine rings is 1. The number of phenolic OH excluding ortho intramolecular Hbond substituents is 1. The van der Waals surface area contributed by atoms with Gasteiger partial charge in [-0.3, -0.25) is 5.10 Å². The van der Waals surface area contributed by atoms with Crippen LogP contribution in [0.4, 0.5) is 10.2 Å². The van der Waals surface area contributed by atoms with Gasteiger partial charge in [0.05, 0.1) is 11.9 Å². The minimum absolute atomic E-state index is 0. The number of aromatic nitrogens is 4. The molecule has 1 aromatic carbocycles. The fourth-order valence-electron chi connectivity index (χ4n) is 5.45. The van der Waals surface area contributed by atoms with E-state index in [2.05, 4.69) is 60.8 Å². The Labute approximate surface area is 206 Å². The number of phenols is 1. The van der Waals surface area contributed by atoms with Crippen molar-refractivity contribution in [1.82, 2.24) is 25.7 Å². The molecule has 2 atom stereocenters. The van der Waals surface area contributed by atoms with E-state index in [-0.39, 0.29) is 34.8 Å². The van der Waals surface area contributed by atoms with Crippen molar-refractivity contribution in [2.24, 2.45) is 5.92 Å². The summed E-state index contributed by atoms with van der Waals surface area (Å²) in [6, 6.07) is 6.21. The molecule has 2 unspecified atom stereocenters. The van der Waals surface area contributed by atoms with Gasteiger partial charge in [0.25, 0.3) is 0 Å². The van der Waals surface area contributed by atoms with Crippen LogP contribution in [0.2, 0.25) is 0 Å². The third-order valence-electron chi connectivity index (χ3n) is 6.79. The Bertz CT molecular complexity index is 1140. The number of hydrogen-bond acceptors (Lipinski definition) is 6. The highest BCUT2D eigenvalue weighted by Crippen LogP contribution is 2.44. The second-order valence-electron chi connectivity index (χ2n) is 9.65. The molecule has 176 valence electrons. The van der Waals surface area contributed by atoms with Gasteiger partial charge in [0, 0.05) is 34.3 Å². The van der Waals surface area contributed by atoms with Crippen LogP contribution < -0.4 is 10.6 Å². The first kappa shape index (κ1) is 23.9. The van der Waals surface area contributed by atoms with E-state index in [0.717, 1.165) is 19.4 Å². The molecule has 33 heavy (non-hydrogen) atoms. The van der Waals surface area contributed by atoms with E-state index in [4.69, 9.17) is 0 Å². The Balaban J connectivity index is 0.00000259. The Morgan fingerprint density at radius 3 is 2.45 bits per heavy atom. The van der Waals surface area contributed by atoms with Crippen LogP contribution in [0.15, 0.2) is 35.1 Å². The van der Waals surface area contributed by atoms with E-state index < -0.39 is 5.82 Å². The van der Waals surface area contributed by atoms with Gasteiger partial charge in [0.2, 0.25) is 0 Å². The zero-order chi connectivity index (χ0) is 22.5. The molecule has 4 N–H and O–H groups in total. The number of H-pyrrole nitrogens is 1. The molecule has 2 aliphatic heterocycles. The molecule has 3 aromatic rings. The van der Waals surface area contributed by atoms with Crippen LogP contribution in [-0.4, -0.2) is 43.1 Å². The molecular weight excluding hydrogens is 511 g/mol. The molecule has 2 aliphatic rings. The predicted octanol–water partition coefficient (Wildman–Crippen LogP) is 5.29. The summed E-state index contributed by atoms with van der Waals surface area (Å²) >= 11 is 3.29. The number of aromatic amines is 1. The number of benzene rings is 1. The summed E-state index contributed by atoms with van der Waals surface area (Å²) in [6.45, 7) is 5.48. The molecule has 10 heteroatoms. The standard InChI is InChI=1S/C23H26BrFN6O.ClH/c1-22-5-6-23(2,31-22)10-13(9-22)11-26-20-4-3-18(28-29-20)15-7-17(25)14(8-19(15)32)16-12-27-30-21(16)24;/h3-4,7-8,12-13,31-32H,5-6,9-11H2,1-2H3,(H,26,29)(H,27,30);1H. The molecule has 7 nitrogen and oxygen atoms in total. The highest BCUT2D eigenvalue weighted by atomic mass is 79.9. The van der Waals surface area contributed by atoms with Crippen molar-refractivity contribution in [2.45, 2.75) is 50.6 Å². The normalized spacial score (nSPS) is 26.1. The maximum absolute atomic E-state index is 14.8. The molecule has 0 radical (unpaired) electrons. The number of nitrogens with zero attached hydrogens (tertiary/aromatic N) is 3. The topological polar surface area (TPSA) is 98.8 Å². The Hall–Kier alpha value is -2.23.